The number of carbonyl (C=O) groups is 1. The van der Waals surface area contributed by atoms with Crippen LogP contribution in [0.2, 0.25) is 0 Å². The van der Waals surface area contributed by atoms with E-state index >= 15 is 0 Å². The number of nitro benzene ring substituents is 1. The molecule has 0 unspecified atom stereocenters. The topological polar surface area (TPSA) is 102 Å². The van der Waals surface area contributed by atoms with E-state index in [2.05, 4.69) is 10.1 Å². The summed E-state index contributed by atoms with van der Waals surface area (Å²) in [6.07, 6.45) is 0.363. The Morgan fingerprint density at radius 2 is 2.26 bits per heavy atom. The summed E-state index contributed by atoms with van der Waals surface area (Å²) in [5.41, 5.74) is -0.872. The molecule has 0 atom stereocenters. The number of halogens is 1. The Morgan fingerprint density at radius 1 is 1.58 bits per heavy atom. The number of nitro groups is 1. The molecule has 0 aliphatic rings. The summed E-state index contributed by atoms with van der Waals surface area (Å²) in [6.45, 7) is 0.162. The van der Waals surface area contributed by atoms with Gasteiger partial charge in [-0.1, -0.05) is 0 Å². The van der Waals surface area contributed by atoms with Gasteiger partial charge in [-0.25, -0.2) is 9.18 Å². The maximum Gasteiger partial charge on any atom is 0.340 e. The number of aliphatic hydroxyl groups is 1. The average molecular weight is 272 g/mol. The zero-order valence-electron chi connectivity index (χ0n) is 10.2. The molecule has 0 saturated heterocycles. The van der Waals surface area contributed by atoms with Gasteiger partial charge in [-0.15, -0.1) is 0 Å². The van der Waals surface area contributed by atoms with Crippen LogP contribution in [0.1, 0.15) is 16.8 Å². The van der Waals surface area contributed by atoms with Crippen molar-refractivity contribution in [2.24, 2.45) is 0 Å². The number of nitrogens with zero attached hydrogens (tertiary/aromatic N) is 1. The molecule has 8 heteroatoms. The van der Waals surface area contributed by atoms with E-state index in [1.54, 1.807) is 0 Å². The Balaban J connectivity index is 3.15. The molecule has 0 aliphatic heterocycles. The van der Waals surface area contributed by atoms with Gasteiger partial charge in [0.15, 0.2) is 0 Å². The molecule has 0 bridgehead atoms. The molecule has 0 saturated carbocycles. The molecule has 2 N–H and O–H groups in total. The summed E-state index contributed by atoms with van der Waals surface area (Å²) in [4.78, 5) is 21.3. The van der Waals surface area contributed by atoms with Gasteiger partial charge < -0.3 is 15.2 Å². The van der Waals surface area contributed by atoms with Crippen molar-refractivity contribution < 1.29 is 24.0 Å². The van der Waals surface area contributed by atoms with Gasteiger partial charge in [-0.05, 0) is 12.5 Å². The summed E-state index contributed by atoms with van der Waals surface area (Å²) in [6, 6.07) is 1.68. The molecule has 0 heterocycles. The Kier molecular flexibility index (Phi) is 5.19. The fraction of sp³-hybridized carbons (Fsp3) is 0.364. The van der Waals surface area contributed by atoms with Gasteiger partial charge in [-0.2, -0.15) is 0 Å². The number of esters is 1. The number of hydrogen-bond acceptors (Lipinski definition) is 6. The lowest BCUT2D eigenvalue weighted by atomic mass is 10.1. The number of anilines is 1. The number of carbonyl (C=O) groups excluding carboxylic acids is 1. The highest BCUT2D eigenvalue weighted by atomic mass is 19.1. The zero-order valence-corrected chi connectivity index (χ0v) is 10.2. The van der Waals surface area contributed by atoms with E-state index in [9.17, 15) is 19.3 Å². The van der Waals surface area contributed by atoms with E-state index in [0.717, 1.165) is 13.2 Å². The number of nitrogens with one attached hydrogen (secondary N) is 1. The minimum Gasteiger partial charge on any atom is -0.465 e. The van der Waals surface area contributed by atoms with Crippen molar-refractivity contribution in [1.29, 1.82) is 0 Å². The second kappa shape index (κ2) is 6.64. The van der Waals surface area contributed by atoms with Gasteiger partial charge in [-0.3, -0.25) is 10.1 Å². The molecule has 104 valence electrons. The van der Waals surface area contributed by atoms with Crippen LogP contribution in [0.25, 0.3) is 0 Å². The summed E-state index contributed by atoms with van der Waals surface area (Å²) >= 11 is 0. The monoisotopic (exact) mass is 272 g/mol. The third-order valence-corrected chi connectivity index (χ3v) is 2.34. The van der Waals surface area contributed by atoms with Crippen molar-refractivity contribution in [2.45, 2.75) is 6.42 Å². The minimum absolute atomic E-state index is 0.000231. The molecular formula is C11H13FN2O5. The molecule has 1 aromatic carbocycles. The van der Waals surface area contributed by atoms with E-state index in [4.69, 9.17) is 5.11 Å². The lowest BCUT2D eigenvalue weighted by Gasteiger charge is -2.08. The molecular weight excluding hydrogens is 259 g/mol. The van der Waals surface area contributed by atoms with E-state index < -0.39 is 22.4 Å². The van der Waals surface area contributed by atoms with Crippen molar-refractivity contribution in [1.82, 2.24) is 0 Å². The Hall–Kier alpha value is -2.22. The Morgan fingerprint density at radius 3 is 2.79 bits per heavy atom. The van der Waals surface area contributed by atoms with Crippen molar-refractivity contribution in [3.8, 4) is 0 Å². The molecule has 0 fully saturated rings. The second-order valence-corrected chi connectivity index (χ2v) is 3.60. The van der Waals surface area contributed by atoms with Crippen molar-refractivity contribution in [2.75, 3.05) is 25.6 Å². The van der Waals surface area contributed by atoms with Gasteiger partial charge >= 0.3 is 5.97 Å². The van der Waals surface area contributed by atoms with Crippen LogP contribution in [0.3, 0.4) is 0 Å². The Labute approximate surface area is 108 Å². The van der Waals surface area contributed by atoms with Gasteiger partial charge in [0.25, 0.3) is 5.69 Å². The number of benzene rings is 1. The van der Waals surface area contributed by atoms with Gasteiger partial charge in [0.1, 0.15) is 11.5 Å². The summed E-state index contributed by atoms with van der Waals surface area (Å²) in [5, 5.41) is 22.1. The van der Waals surface area contributed by atoms with Crippen LogP contribution >= 0.6 is 0 Å². The molecule has 7 nitrogen and oxygen atoms in total. The first-order chi connectivity index (χ1) is 9.01. The summed E-state index contributed by atoms with van der Waals surface area (Å²) in [7, 11) is 1.09. The van der Waals surface area contributed by atoms with E-state index in [1.807, 2.05) is 0 Å². The van der Waals surface area contributed by atoms with Crippen molar-refractivity contribution in [3.05, 3.63) is 33.6 Å². The first-order valence-electron chi connectivity index (χ1n) is 5.42. The van der Waals surface area contributed by atoms with E-state index in [-0.39, 0.29) is 24.4 Å². The minimum atomic E-state index is -1.02. The molecule has 0 spiro atoms. The molecule has 0 aliphatic carbocycles. The van der Waals surface area contributed by atoms with Gasteiger partial charge in [0.2, 0.25) is 0 Å². The third-order valence-electron chi connectivity index (χ3n) is 2.34. The first-order valence-corrected chi connectivity index (χ1v) is 5.42. The second-order valence-electron chi connectivity index (χ2n) is 3.60. The Bertz CT molecular complexity index is 492. The quantitative estimate of drug-likeness (QED) is 0.350. The predicted octanol–water partition coefficient (Wildman–Crippen LogP) is 1.31. The lowest BCUT2D eigenvalue weighted by molar-refractivity contribution is -0.384. The zero-order chi connectivity index (χ0) is 14.4. The normalized spacial score (nSPS) is 10.1. The summed E-state index contributed by atoms with van der Waals surface area (Å²) in [5.74, 6) is -1.94. The molecule has 1 aromatic rings. The van der Waals surface area contributed by atoms with Crippen molar-refractivity contribution in [3.63, 3.8) is 0 Å². The average Bonchev–Trinajstić information content (AvgIpc) is 2.39. The first kappa shape index (κ1) is 14.8. The van der Waals surface area contributed by atoms with Crippen LogP contribution in [-0.4, -0.2) is 36.3 Å². The molecule has 1 rings (SSSR count). The van der Waals surface area contributed by atoms with Crippen LogP contribution < -0.4 is 5.32 Å². The molecule has 0 aromatic heterocycles. The third kappa shape index (κ3) is 3.62. The van der Waals surface area contributed by atoms with E-state index in [0.29, 0.717) is 12.5 Å². The molecule has 19 heavy (non-hydrogen) atoms. The smallest absolute Gasteiger partial charge is 0.340 e. The highest BCUT2D eigenvalue weighted by Gasteiger charge is 2.22. The van der Waals surface area contributed by atoms with Crippen LogP contribution in [0.4, 0.5) is 15.8 Å². The van der Waals surface area contributed by atoms with Crippen molar-refractivity contribution >= 4 is 17.3 Å². The molecule has 0 amide bonds. The van der Waals surface area contributed by atoms with Crippen LogP contribution in [0.15, 0.2) is 12.1 Å². The summed E-state index contributed by atoms with van der Waals surface area (Å²) < 4.78 is 17.9. The number of hydrogen-bond donors (Lipinski definition) is 2. The van der Waals surface area contributed by atoms with Crippen LogP contribution in [0, 0.1) is 15.9 Å². The number of aliphatic hydroxyl groups excluding tert-OH is 1. The standard InChI is InChI=1S/C11H13FN2O5/c1-19-11(16)7-5-9(13-3-2-4-15)10(14(17)18)6-8(7)12/h5-6,13,15H,2-4H2,1H3. The number of methoxy groups -OCH3 is 1. The number of ether oxygens (including phenoxy) is 1. The predicted molar refractivity (Wildman–Crippen MR) is 64.6 cm³/mol. The number of rotatable bonds is 6. The molecule has 0 radical (unpaired) electrons. The van der Waals surface area contributed by atoms with Gasteiger partial charge in [0.05, 0.1) is 23.7 Å². The van der Waals surface area contributed by atoms with Crippen LogP contribution in [-0.2, 0) is 4.74 Å². The maximum atomic E-state index is 13.5. The highest BCUT2D eigenvalue weighted by molar-refractivity contribution is 5.91. The lowest BCUT2D eigenvalue weighted by Crippen LogP contribution is -2.10. The van der Waals surface area contributed by atoms with Crippen LogP contribution in [0.5, 0.6) is 0 Å². The fourth-order valence-electron chi connectivity index (χ4n) is 1.42. The largest absolute Gasteiger partial charge is 0.465 e. The van der Waals surface area contributed by atoms with E-state index in [1.165, 1.54) is 0 Å². The highest BCUT2D eigenvalue weighted by Crippen LogP contribution is 2.28. The van der Waals surface area contributed by atoms with Gasteiger partial charge in [0, 0.05) is 13.2 Å². The fourth-order valence-corrected chi connectivity index (χ4v) is 1.42. The maximum absolute atomic E-state index is 13.5. The SMILES string of the molecule is COC(=O)c1cc(NCCCO)c([N+](=O)[O-])cc1F.